The van der Waals surface area contributed by atoms with Crippen LogP contribution in [0.5, 0.6) is 17.2 Å². The zero-order valence-corrected chi connectivity index (χ0v) is 10.1. The highest BCUT2D eigenvalue weighted by atomic mass is 35.5. The maximum atomic E-state index is 12.2. The van der Waals surface area contributed by atoms with Crippen molar-refractivity contribution in [1.29, 1.82) is 0 Å². The number of halogens is 4. The normalized spacial score (nSPS) is 11.2. The first-order chi connectivity index (χ1) is 8.94. The molecular formula is C12H7ClF3NO2. The maximum Gasteiger partial charge on any atom is 0.573 e. The Morgan fingerprint density at radius 1 is 1.05 bits per heavy atom. The van der Waals surface area contributed by atoms with Gasteiger partial charge in [-0.05, 0) is 18.2 Å². The second kappa shape index (κ2) is 5.36. The first kappa shape index (κ1) is 13.5. The summed E-state index contributed by atoms with van der Waals surface area (Å²) < 4.78 is 45.8. The van der Waals surface area contributed by atoms with Crippen molar-refractivity contribution in [3.63, 3.8) is 0 Å². The van der Waals surface area contributed by atoms with Crippen molar-refractivity contribution < 1.29 is 22.6 Å². The fraction of sp³-hybridized carbons (Fsp3) is 0.0833. The van der Waals surface area contributed by atoms with Gasteiger partial charge in [-0.25, -0.2) is 4.98 Å². The molecule has 0 saturated heterocycles. The minimum atomic E-state index is -4.78. The fourth-order valence-corrected chi connectivity index (χ4v) is 1.48. The lowest BCUT2D eigenvalue weighted by Gasteiger charge is -2.13. The third-order valence-corrected chi connectivity index (χ3v) is 2.21. The molecule has 1 heterocycles. The van der Waals surface area contributed by atoms with Crippen LogP contribution < -0.4 is 9.47 Å². The van der Waals surface area contributed by atoms with E-state index in [-0.39, 0.29) is 16.7 Å². The van der Waals surface area contributed by atoms with Gasteiger partial charge in [0.15, 0.2) is 11.5 Å². The molecular weight excluding hydrogens is 283 g/mol. The van der Waals surface area contributed by atoms with Crippen molar-refractivity contribution in [2.45, 2.75) is 6.36 Å². The zero-order valence-electron chi connectivity index (χ0n) is 9.32. The molecule has 0 saturated carbocycles. The number of hydrogen-bond donors (Lipinski definition) is 0. The van der Waals surface area contributed by atoms with Gasteiger partial charge in [0.25, 0.3) is 0 Å². The molecule has 2 rings (SSSR count). The monoisotopic (exact) mass is 289 g/mol. The van der Waals surface area contributed by atoms with Gasteiger partial charge >= 0.3 is 6.36 Å². The lowest BCUT2D eigenvalue weighted by atomic mass is 10.3. The number of pyridine rings is 1. The van der Waals surface area contributed by atoms with Gasteiger partial charge in [0.05, 0.1) is 0 Å². The Morgan fingerprint density at radius 2 is 1.74 bits per heavy atom. The van der Waals surface area contributed by atoms with E-state index < -0.39 is 12.1 Å². The van der Waals surface area contributed by atoms with Crippen LogP contribution in [0.4, 0.5) is 13.2 Å². The molecule has 100 valence electrons. The number of aromatic nitrogens is 1. The van der Waals surface area contributed by atoms with E-state index in [4.69, 9.17) is 16.3 Å². The molecule has 1 aromatic heterocycles. The van der Waals surface area contributed by atoms with E-state index in [1.807, 2.05) is 0 Å². The highest BCUT2D eigenvalue weighted by Gasteiger charge is 2.32. The fourth-order valence-electron chi connectivity index (χ4n) is 1.32. The Labute approximate surface area is 111 Å². The Morgan fingerprint density at radius 3 is 2.37 bits per heavy atom. The van der Waals surface area contributed by atoms with E-state index in [1.54, 1.807) is 0 Å². The van der Waals surface area contributed by atoms with E-state index in [9.17, 15) is 13.2 Å². The first-order valence-electron chi connectivity index (χ1n) is 5.08. The lowest BCUT2D eigenvalue weighted by molar-refractivity contribution is -0.275. The van der Waals surface area contributed by atoms with Gasteiger partial charge in [0.2, 0.25) is 0 Å². The first-order valence-corrected chi connectivity index (χ1v) is 5.46. The van der Waals surface area contributed by atoms with E-state index >= 15 is 0 Å². The summed E-state index contributed by atoms with van der Waals surface area (Å²) in [5.74, 6) is -0.233. The molecule has 0 bridgehead atoms. The Kier molecular flexibility index (Phi) is 3.80. The maximum absolute atomic E-state index is 12.2. The van der Waals surface area contributed by atoms with Gasteiger partial charge in [-0.15, -0.1) is 13.2 Å². The van der Waals surface area contributed by atoms with Crippen molar-refractivity contribution in [3.05, 3.63) is 47.7 Å². The molecule has 1 aromatic carbocycles. The average Bonchev–Trinajstić information content (AvgIpc) is 2.30. The van der Waals surface area contributed by atoms with Crippen molar-refractivity contribution >= 4 is 11.6 Å². The summed E-state index contributed by atoms with van der Waals surface area (Å²) in [6.45, 7) is 0. The van der Waals surface area contributed by atoms with Crippen LogP contribution in [0.15, 0.2) is 42.6 Å². The van der Waals surface area contributed by atoms with Crippen LogP contribution in [0.2, 0.25) is 5.15 Å². The van der Waals surface area contributed by atoms with E-state index in [1.165, 1.54) is 36.5 Å². The number of hydrogen-bond acceptors (Lipinski definition) is 3. The van der Waals surface area contributed by atoms with Crippen molar-refractivity contribution in [2.24, 2.45) is 0 Å². The number of benzene rings is 1. The Hall–Kier alpha value is -1.95. The van der Waals surface area contributed by atoms with Gasteiger partial charge in [-0.3, -0.25) is 0 Å². The van der Waals surface area contributed by atoms with Gasteiger partial charge in [0.1, 0.15) is 10.9 Å². The van der Waals surface area contributed by atoms with Crippen LogP contribution in [0, 0.1) is 0 Å². The average molecular weight is 290 g/mol. The number of alkyl halides is 3. The third-order valence-electron chi connectivity index (χ3n) is 2.00. The van der Waals surface area contributed by atoms with E-state index in [0.717, 1.165) is 6.07 Å². The van der Waals surface area contributed by atoms with E-state index in [2.05, 4.69) is 9.72 Å². The third kappa shape index (κ3) is 4.03. The van der Waals surface area contributed by atoms with Crippen molar-refractivity contribution in [3.8, 4) is 17.2 Å². The van der Waals surface area contributed by atoms with Gasteiger partial charge < -0.3 is 9.47 Å². The highest BCUT2D eigenvalue weighted by molar-refractivity contribution is 6.29. The predicted molar refractivity (Wildman–Crippen MR) is 62.4 cm³/mol. The SMILES string of the molecule is FC(F)(F)Oc1ccccc1Oc1ccnc(Cl)c1. The summed E-state index contributed by atoms with van der Waals surface area (Å²) in [4.78, 5) is 3.74. The Bertz CT molecular complexity index is 575. The number of ether oxygens (including phenoxy) is 2. The molecule has 0 amide bonds. The summed E-state index contributed by atoms with van der Waals surface area (Å²) in [7, 11) is 0. The molecule has 0 unspecified atom stereocenters. The second-order valence-electron chi connectivity index (χ2n) is 3.41. The van der Waals surface area contributed by atoms with Gasteiger partial charge in [-0.1, -0.05) is 23.7 Å². The second-order valence-corrected chi connectivity index (χ2v) is 3.80. The predicted octanol–water partition coefficient (Wildman–Crippen LogP) is 4.43. The van der Waals surface area contributed by atoms with Crippen LogP contribution >= 0.6 is 11.6 Å². The Balaban J connectivity index is 2.25. The lowest BCUT2D eigenvalue weighted by Crippen LogP contribution is -2.17. The van der Waals surface area contributed by atoms with Crippen LogP contribution in [-0.2, 0) is 0 Å². The molecule has 19 heavy (non-hydrogen) atoms. The van der Waals surface area contributed by atoms with Crippen molar-refractivity contribution in [2.75, 3.05) is 0 Å². The molecule has 0 fully saturated rings. The smallest absolute Gasteiger partial charge is 0.453 e. The minimum absolute atomic E-state index is 0.0675. The molecule has 7 heteroatoms. The molecule has 0 N–H and O–H groups in total. The van der Waals surface area contributed by atoms with E-state index in [0.29, 0.717) is 0 Å². The largest absolute Gasteiger partial charge is 0.573 e. The molecule has 0 atom stereocenters. The quantitative estimate of drug-likeness (QED) is 0.784. The number of nitrogens with zero attached hydrogens (tertiary/aromatic N) is 1. The highest BCUT2D eigenvalue weighted by Crippen LogP contribution is 2.35. The molecule has 0 aliphatic carbocycles. The summed E-state index contributed by atoms with van der Waals surface area (Å²) in [6, 6.07) is 8.30. The molecule has 0 aliphatic rings. The molecule has 0 radical (unpaired) electrons. The van der Waals surface area contributed by atoms with Crippen LogP contribution in [0.25, 0.3) is 0 Å². The van der Waals surface area contributed by atoms with Crippen LogP contribution in [0.3, 0.4) is 0 Å². The summed E-state index contributed by atoms with van der Waals surface area (Å²) >= 11 is 5.65. The van der Waals surface area contributed by atoms with Gasteiger partial charge in [-0.2, -0.15) is 0 Å². The topological polar surface area (TPSA) is 31.4 Å². The molecule has 2 aromatic rings. The minimum Gasteiger partial charge on any atom is -0.453 e. The molecule has 0 aliphatic heterocycles. The molecule has 0 spiro atoms. The summed E-state index contributed by atoms with van der Waals surface area (Å²) in [5.41, 5.74) is 0. The number of para-hydroxylation sites is 2. The molecule has 3 nitrogen and oxygen atoms in total. The standard InChI is InChI=1S/C12H7ClF3NO2/c13-11-7-8(5-6-17-11)18-9-3-1-2-4-10(9)19-12(14,15)16/h1-7H. The van der Waals surface area contributed by atoms with Crippen molar-refractivity contribution in [1.82, 2.24) is 4.98 Å². The summed E-state index contributed by atoms with van der Waals surface area (Å²) in [6.07, 6.45) is -3.40. The van der Waals surface area contributed by atoms with Crippen LogP contribution in [0.1, 0.15) is 0 Å². The van der Waals surface area contributed by atoms with Crippen LogP contribution in [-0.4, -0.2) is 11.3 Å². The number of rotatable bonds is 3. The van der Waals surface area contributed by atoms with Gasteiger partial charge in [0, 0.05) is 12.3 Å². The zero-order chi connectivity index (χ0) is 13.9. The summed E-state index contributed by atoms with van der Waals surface area (Å²) in [5, 5.41) is 0.173.